The normalized spacial score (nSPS) is 27.4. The molecule has 5 heteroatoms. The summed E-state index contributed by atoms with van der Waals surface area (Å²) in [6.45, 7) is 9.46. The highest BCUT2D eigenvalue weighted by molar-refractivity contribution is 5.72. The summed E-state index contributed by atoms with van der Waals surface area (Å²) in [5.41, 5.74) is -0.535. The topological polar surface area (TPSA) is 75.6 Å². The molecule has 0 unspecified atom stereocenters. The third kappa shape index (κ3) is 4.73. The second kappa shape index (κ2) is 5.80. The maximum atomic E-state index is 11.7. The molecule has 3 atom stereocenters. The molecule has 0 saturated heterocycles. The van der Waals surface area contributed by atoms with E-state index in [1.54, 1.807) is 20.8 Å². The molecule has 0 bridgehead atoms. The largest absolute Gasteiger partial charge is 0.481 e. The Labute approximate surface area is 114 Å². The lowest BCUT2D eigenvalue weighted by Gasteiger charge is -2.22. The van der Waals surface area contributed by atoms with Gasteiger partial charge in [-0.05, 0) is 45.4 Å². The van der Waals surface area contributed by atoms with Gasteiger partial charge in [-0.25, -0.2) is 4.79 Å². The van der Waals surface area contributed by atoms with Gasteiger partial charge < -0.3 is 15.2 Å². The number of aliphatic carboxylic acids is 1. The highest BCUT2D eigenvalue weighted by atomic mass is 16.6. The van der Waals surface area contributed by atoms with E-state index in [9.17, 15) is 14.7 Å². The lowest BCUT2D eigenvalue weighted by atomic mass is 9.86. The smallest absolute Gasteiger partial charge is 0.407 e. The average Bonchev–Trinajstić information content (AvgIpc) is 2.58. The molecule has 1 aliphatic rings. The van der Waals surface area contributed by atoms with Crippen LogP contribution in [0.2, 0.25) is 0 Å². The number of alkyl carbamates (subject to hydrolysis) is 1. The molecule has 110 valence electrons. The van der Waals surface area contributed by atoms with Crippen molar-refractivity contribution >= 4 is 12.1 Å². The Bertz CT molecular complexity index is 346. The van der Waals surface area contributed by atoms with Crippen molar-refractivity contribution in [3.8, 4) is 0 Å². The van der Waals surface area contributed by atoms with Crippen LogP contribution in [0.25, 0.3) is 0 Å². The van der Waals surface area contributed by atoms with Gasteiger partial charge in [0, 0.05) is 6.04 Å². The Morgan fingerprint density at radius 3 is 2.21 bits per heavy atom. The number of carboxylic acids is 1. The summed E-state index contributed by atoms with van der Waals surface area (Å²) in [5, 5.41) is 12.0. The number of nitrogens with one attached hydrogen (secondary N) is 1. The molecule has 5 nitrogen and oxygen atoms in total. The molecule has 1 aliphatic carbocycles. The fourth-order valence-corrected chi connectivity index (χ4v) is 2.68. The van der Waals surface area contributed by atoms with Gasteiger partial charge in [-0.15, -0.1) is 0 Å². The number of carbonyl (C=O) groups excluding carboxylic acids is 1. The third-order valence-corrected chi connectivity index (χ3v) is 3.51. The van der Waals surface area contributed by atoms with Crippen molar-refractivity contribution in [2.75, 3.05) is 0 Å². The molecule has 0 aromatic carbocycles. The standard InChI is InChI=1S/C14H25NO4/c1-8(2)10-6-9(7-11(10)12(16)17)15-13(18)19-14(3,4)5/h8-11H,6-7H2,1-5H3,(H,15,18)(H,16,17)/t9-,10+,11-/m1/s1. The summed E-state index contributed by atoms with van der Waals surface area (Å²) in [5.74, 6) is -0.740. The Balaban J connectivity index is 2.58. The van der Waals surface area contributed by atoms with E-state index in [4.69, 9.17) is 4.74 Å². The van der Waals surface area contributed by atoms with Crippen LogP contribution in [-0.4, -0.2) is 28.8 Å². The first-order valence-electron chi connectivity index (χ1n) is 6.82. The molecule has 1 amide bonds. The first kappa shape index (κ1) is 15.8. The average molecular weight is 271 g/mol. The zero-order valence-corrected chi connectivity index (χ0v) is 12.4. The maximum absolute atomic E-state index is 11.7. The van der Waals surface area contributed by atoms with E-state index in [1.807, 2.05) is 13.8 Å². The van der Waals surface area contributed by atoms with Gasteiger partial charge in [0.1, 0.15) is 5.60 Å². The first-order chi connectivity index (χ1) is 8.60. The van der Waals surface area contributed by atoms with Crippen LogP contribution in [0.15, 0.2) is 0 Å². The van der Waals surface area contributed by atoms with Crippen molar-refractivity contribution in [1.82, 2.24) is 5.32 Å². The van der Waals surface area contributed by atoms with E-state index in [1.165, 1.54) is 0 Å². The molecule has 1 fully saturated rings. The van der Waals surface area contributed by atoms with Crippen LogP contribution in [0.5, 0.6) is 0 Å². The van der Waals surface area contributed by atoms with Crippen LogP contribution >= 0.6 is 0 Å². The number of carbonyl (C=O) groups is 2. The van der Waals surface area contributed by atoms with Gasteiger partial charge in [0.05, 0.1) is 5.92 Å². The minimum Gasteiger partial charge on any atom is -0.481 e. The van der Waals surface area contributed by atoms with Crippen LogP contribution in [0.1, 0.15) is 47.5 Å². The zero-order valence-electron chi connectivity index (χ0n) is 12.4. The molecule has 0 spiro atoms. The number of carboxylic acid groups (broad SMARTS) is 1. The molecule has 1 saturated carbocycles. The predicted molar refractivity (Wildman–Crippen MR) is 71.8 cm³/mol. The van der Waals surface area contributed by atoms with Gasteiger partial charge in [-0.1, -0.05) is 13.8 Å². The molecular formula is C14H25NO4. The fourth-order valence-electron chi connectivity index (χ4n) is 2.68. The summed E-state index contributed by atoms with van der Waals surface area (Å²) >= 11 is 0. The van der Waals surface area contributed by atoms with Crippen LogP contribution in [-0.2, 0) is 9.53 Å². The second-order valence-corrected chi connectivity index (χ2v) is 6.67. The van der Waals surface area contributed by atoms with Crippen molar-refractivity contribution < 1.29 is 19.4 Å². The molecule has 0 radical (unpaired) electrons. The highest BCUT2D eigenvalue weighted by Crippen LogP contribution is 2.37. The van der Waals surface area contributed by atoms with Crippen LogP contribution < -0.4 is 5.32 Å². The van der Waals surface area contributed by atoms with Gasteiger partial charge in [-0.2, -0.15) is 0 Å². The van der Waals surface area contributed by atoms with Gasteiger partial charge in [0.15, 0.2) is 0 Å². The molecular weight excluding hydrogens is 246 g/mol. The fraction of sp³-hybridized carbons (Fsp3) is 0.857. The minimum atomic E-state index is -0.771. The van der Waals surface area contributed by atoms with Gasteiger partial charge >= 0.3 is 12.1 Å². The van der Waals surface area contributed by atoms with Crippen LogP contribution in [0.4, 0.5) is 4.79 Å². The van der Waals surface area contributed by atoms with Crippen molar-refractivity contribution in [3.63, 3.8) is 0 Å². The minimum absolute atomic E-state index is 0.108. The Hall–Kier alpha value is -1.26. The molecule has 0 heterocycles. The molecule has 19 heavy (non-hydrogen) atoms. The number of hydrogen-bond acceptors (Lipinski definition) is 3. The van der Waals surface area contributed by atoms with E-state index >= 15 is 0 Å². The Kier molecular flexibility index (Phi) is 4.82. The Morgan fingerprint density at radius 1 is 1.26 bits per heavy atom. The van der Waals surface area contributed by atoms with Crippen molar-refractivity contribution in [2.24, 2.45) is 17.8 Å². The molecule has 1 rings (SSSR count). The van der Waals surface area contributed by atoms with Crippen molar-refractivity contribution in [3.05, 3.63) is 0 Å². The zero-order chi connectivity index (χ0) is 14.8. The quantitative estimate of drug-likeness (QED) is 0.827. The SMILES string of the molecule is CC(C)[C@@H]1C[C@@H](NC(=O)OC(C)(C)C)C[C@H]1C(=O)O. The summed E-state index contributed by atoms with van der Waals surface area (Å²) in [7, 11) is 0. The van der Waals surface area contributed by atoms with Crippen LogP contribution in [0.3, 0.4) is 0 Å². The van der Waals surface area contributed by atoms with E-state index in [0.29, 0.717) is 18.8 Å². The van der Waals surface area contributed by atoms with Gasteiger partial charge in [0.25, 0.3) is 0 Å². The number of ether oxygens (including phenoxy) is 1. The van der Waals surface area contributed by atoms with Crippen molar-refractivity contribution in [2.45, 2.75) is 59.1 Å². The number of rotatable bonds is 3. The monoisotopic (exact) mass is 271 g/mol. The summed E-state index contributed by atoms with van der Waals surface area (Å²) in [6.07, 6.45) is 0.719. The van der Waals surface area contributed by atoms with Gasteiger partial charge in [-0.3, -0.25) is 4.79 Å². The number of amides is 1. The summed E-state index contributed by atoms with van der Waals surface area (Å²) in [6, 6.07) is -0.108. The Morgan fingerprint density at radius 2 is 1.84 bits per heavy atom. The molecule has 0 aliphatic heterocycles. The van der Waals surface area contributed by atoms with E-state index in [0.717, 1.165) is 0 Å². The summed E-state index contributed by atoms with van der Waals surface area (Å²) < 4.78 is 5.19. The van der Waals surface area contributed by atoms with E-state index < -0.39 is 17.7 Å². The van der Waals surface area contributed by atoms with E-state index in [2.05, 4.69) is 5.32 Å². The molecule has 0 aromatic rings. The lowest BCUT2D eigenvalue weighted by molar-refractivity contribution is -0.143. The second-order valence-electron chi connectivity index (χ2n) is 6.67. The highest BCUT2D eigenvalue weighted by Gasteiger charge is 2.41. The molecule has 0 aromatic heterocycles. The number of hydrogen-bond donors (Lipinski definition) is 2. The van der Waals surface area contributed by atoms with E-state index in [-0.39, 0.29) is 17.9 Å². The molecule has 2 N–H and O–H groups in total. The summed E-state index contributed by atoms with van der Waals surface area (Å²) in [4.78, 5) is 22.9. The van der Waals surface area contributed by atoms with Gasteiger partial charge in [0.2, 0.25) is 0 Å². The van der Waals surface area contributed by atoms with Crippen molar-refractivity contribution in [1.29, 1.82) is 0 Å². The first-order valence-corrected chi connectivity index (χ1v) is 6.82. The lowest BCUT2D eigenvalue weighted by Crippen LogP contribution is -2.38. The predicted octanol–water partition coefficient (Wildman–Crippen LogP) is 2.65. The third-order valence-electron chi connectivity index (χ3n) is 3.51. The maximum Gasteiger partial charge on any atom is 0.407 e. The van der Waals surface area contributed by atoms with Crippen LogP contribution in [0, 0.1) is 17.8 Å².